The second kappa shape index (κ2) is 9.49. The highest BCUT2D eigenvalue weighted by molar-refractivity contribution is 5.76. The summed E-state index contributed by atoms with van der Waals surface area (Å²) in [6, 6.07) is 0.289. The van der Waals surface area contributed by atoms with Gasteiger partial charge in [0.2, 0.25) is 5.91 Å². The van der Waals surface area contributed by atoms with Gasteiger partial charge in [-0.1, -0.05) is 19.3 Å². The van der Waals surface area contributed by atoms with Crippen molar-refractivity contribution in [1.82, 2.24) is 9.80 Å². The Morgan fingerprint density at radius 3 is 2.62 bits per heavy atom. The molecule has 2 aliphatic heterocycles. The van der Waals surface area contributed by atoms with E-state index in [1.165, 1.54) is 32.1 Å². The predicted octanol–water partition coefficient (Wildman–Crippen LogP) is 1.65. The van der Waals surface area contributed by atoms with Crippen LogP contribution in [0.1, 0.15) is 51.4 Å². The summed E-state index contributed by atoms with van der Waals surface area (Å²) in [6.45, 7) is 2.61. The Labute approximate surface area is 157 Å². The van der Waals surface area contributed by atoms with Gasteiger partial charge >= 0.3 is 0 Å². The van der Waals surface area contributed by atoms with Crippen LogP contribution >= 0.6 is 0 Å². The van der Waals surface area contributed by atoms with Gasteiger partial charge in [0.05, 0.1) is 37.9 Å². The van der Waals surface area contributed by atoms with Crippen LogP contribution in [-0.4, -0.2) is 85.6 Å². The van der Waals surface area contributed by atoms with Gasteiger partial charge in [-0.25, -0.2) is 0 Å². The number of rotatable bonds is 4. The van der Waals surface area contributed by atoms with Crippen molar-refractivity contribution in [1.29, 1.82) is 0 Å². The maximum absolute atomic E-state index is 12.0. The van der Waals surface area contributed by atoms with Crippen LogP contribution in [-0.2, 0) is 14.3 Å². The van der Waals surface area contributed by atoms with Gasteiger partial charge in [-0.2, -0.15) is 0 Å². The Kier molecular flexibility index (Phi) is 7.32. The van der Waals surface area contributed by atoms with Crippen molar-refractivity contribution in [2.45, 2.75) is 75.7 Å². The number of hydrogen-bond donors (Lipinski definition) is 1. The van der Waals surface area contributed by atoms with E-state index in [0.717, 1.165) is 25.3 Å². The monoisotopic (exact) mass is 368 g/mol. The van der Waals surface area contributed by atoms with E-state index in [1.807, 2.05) is 0 Å². The van der Waals surface area contributed by atoms with E-state index in [0.29, 0.717) is 26.2 Å². The summed E-state index contributed by atoms with van der Waals surface area (Å²) in [7, 11) is 3.58. The molecule has 1 amide bonds. The first kappa shape index (κ1) is 20.1. The number of β-amino-alcohol motifs (C(OH)–C–C–N with tert-alkyl or cyclic N) is 1. The van der Waals surface area contributed by atoms with E-state index in [-0.39, 0.29) is 24.2 Å². The highest BCUT2D eigenvalue weighted by Crippen LogP contribution is 2.31. The molecule has 3 rings (SSSR count). The van der Waals surface area contributed by atoms with E-state index >= 15 is 0 Å². The number of amides is 1. The van der Waals surface area contributed by atoms with E-state index in [4.69, 9.17) is 9.47 Å². The van der Waals surface area contributed by atoms with Crippen molar-refractivity contribution < 1.29 is 19.4 Å². The van der Waals surface area contributed by atoms with Crippen LogP contribution in [0, 0.1) is 5.92 Å². The van der Waals surface area contributed by atoms with Crippen LogP contribution < -0.4 is 0 Å². The van der Waals surface area contributed by atoms with Gasteiger partial charge in [0.1, 0.15) is 0 Å². The smallest absolute Gasteiger partial charge is 0.224 e. The van der Waals surface area contributed by atoms with E-state index in [9.17, 15) is 9.90 Å². The molecule has 150 valence electrons. The molecule has 6 nitrogen and oxygen atoms in total. The Balaban J connectivity index is 1.62. The lowest BCUT2D eigenvalue weighted by Crippen LogP contribution is -2.56. The molecule has 2 saturated heterocycles. The molecule has 0 radical (unpaired) electrons. The zero-order valence-electron chi connectivity index (χ0n) is 16.4. The van der Waals surface area contributed by atoms with Gasteiger partial charge in [0, 0.05) is 33.2 Å². The number of nitrogens with zero attached hydrogens (tertiary/aromatic N) is 2. The van der Waals surface area contributed by atoms with Crippen LogP contribution in [0.25, 0.3) is 0 Å². The molecule has 0 bridgehead atoms. The minimum Gasteiger partial charge on any atom is -0.389 e. The number of aliphatic hydroxyl groups is 1. The van der Waals surface area contributed by atoms with Crippen molar-refractivity contribution in [2.24, 2.45) is 5.92 Å². The number of aliphatic hydroxyl groups excluding tert-OH is 1. The summed E-state index contributed by atoms with van der Waals surface area (Å²) in [5, 5.41) is 10.3. The molecule has 0 unspecified atom stereocenters. The molecule has 0 aromatic carbocycles. The molecule has 0 aromatic heterocycles. The maximum Gasteiger partial charge on any atom is 0.224 e. The summed E-state index contributed by atoms with van der Waals surface area (Å²) in [6.07, 6.45) is 8.57. The van der Waals surface area contributed by atoms with E-state index < -0.39 is 6.10 Å². The van der Waals surface area contributed by atoms with Crippen molar-refractivity contribution in [3.8, 4) is 0 Å². The number of ether oxygens (including phenoxy) is 2. The Morgan fingerprint density at radius 1 is 1.12 bits per heavy atom. The average molecular weight is 369 g/mol. The standard InChI is InChI=1S/C20H36N2O4/c1-21(2)20(24)10-17-8-9-18-19(26-17)14-25-13-16(23)12-22(18)11-15-6-4-3-5-7-15/h15-19,23H,3-14H2,1-2H3/t16-,17+,18+,19-/m1/s1. The number of carbonyl (C=O) groups is 1. The first-order valence-electron chi connectivity index (χ1n) is 10.4. The lowest BCUT2D eigenvalue weighted by molar-refractivity contribution is -0.160. The second-order valence-corrected chi connectivity index (χ2v) is 8.58. The summed E-state index contributed by atoms with van der Waals surface area (Å²) < 4.78 is 12.0. The van der Waals surface area contributed by atoms with Gasteiger partial charge < -0.3 is 19.5 Å². The van der Waals surface area contributed by atoms with E-state index in [1.54, 1.807) is 19.0 Å². The minimum absolute atomic E-state index is 0.000183. The third-order valence-corrected chi connectivity index (χ3v) is 6.21. The number of hydrogen-bond acceptors (Lipinski definition) is 5. The van der Waals surface area contributed by atoms with Crippen molar-refractivity contribution >= 4 is 5.91 Å². The lowest BCUT2D eigenvalue weighted by atomic mass is 9.87. The molecule has 0 aromatic rings. The zero-order valence-corrected chi connectivity index (χ0v) is 16.4. The van der Waals surface area contributed by atoms with Gasteiger partial charge in [-0.05, 0) is 31.6 Å². The first-order valence-corrected chi connectivity index (χ1v) is 10.4. The summed E-state index contributed by atoms with van der Waals surface area (Å²) in [4.78, 5) is 16.1. The Bertz CT molecular complexity index is 453. The fourth-order valence-electron chi connectivity index (χ4n) is 4.73. The molecule has 1 aliphatic carbocycles. The molecule has 2 heterocycles. The van der Waals surface area contributed by atoms with Gasteiger partial charge in [-0.15, -0.1) is 0 Å². The average Bonchev–Trinajstić information content (AvgIpc) is 2.61. The molecule has 1 N–H and O–H groups in total. The quantitative estimate of drug-likeness (QED) is 0.818. The van der Waals surface area contributed by atoms with Crippen LogP contribution in [0.3, 0.4) is 0 Å². The SMILES string of the molecule is CN(C)C(=O)C[C@@H]1CC[C@H]2[C@@H](COC[C@H](O)CN2CC2CCCCC2)O1. The van der Waals surface area contributed by atoms with Crippen LogP contribution in [0.2, 0.25) is 0 Å². The third kappa shape index (κ3) is 5.41. The fraction of sp³-hybridized carbons (Fsp3) is 0.950. The summed E-state index contributed by atoms with van der Waals surface area (Å²) in [5.41, 5.74) is 0. The van der Waals surface area contributed by atoms with Crippen molar-refractivity contribution in [3.63, 3.8) is 0 Å². The molecular formula is C20H36N2O4. The molecular weight excluding hydrogens is 332 g/mol. The largest absolute Gasteiger partial charge is 0.389 e. The zero-order chi connectivity index (χ0) is 18.5. The van der Waals surface area contributed by atoms with Crippen LogP contribution in [0.4, 0.5) is 0 Å². The normalized spacial score (nSPS) is 34.6. The maximum atomic E-state index is 12.0. The topological polar surface area (TPSA) is 62.2 Å². The highest BCUT2D eigenvalue weighted by atomic mass is 16.5. The predicted molar refractivity (Wildman–Crippen MR) is 100.0 cm³/mol. The highest BCUT2D eigenvalue weighted by Gasteiger charge is 2.38. The Hall–Kier alpha value is -0.690. The number of fused-ring (bicyclic) bond motifs is 1. The molecule has 4 atom stereocenters. The third-order valence-electron chi connectivity index (χ3n) is 6.21. The fourth-order valence-corrected chi connectivity index (χ4v) is 4.73. The summed E-state index contributed by atoms with van der Waals surface area (Å²) >= 11 is 0. The first-order chi connectivity index (χ1) is 12.5. The molecule has 3 fully saturated rings. The lowest BCUT2D eigenvalue weighted by Gasteiger charge is -2.45. The van der Waals surface area contributed by atoms with Gasteiger partial charge in [-0.3, -0.25) is 9.69 Å². The summed E-state index contributed by atoms with van der Waals surface area (Å²) in [5.74, 6) is 0.861. The minimum atomic E-state index is -0.424. The van der Waals surface area contributed by atoms with Gasteiger partial charge in [0.15, 0.2) is 0 Å². The van der Waals surface area contributed by atoms with E-state index in [2.05, 4.69) is 4.90 Å². The van der Waals surface area contributed by atoms with Gasteiger partial charge in [0.25, 0.3) is 0 Å². The molecule has 0 spiro atoms. The molecule has 26 heavy (non-hydrogen) atoms. The second-order valence-electron chi connectivity index (χ2n) is 8.58. The van der Waals surface area contributed by atoms with Crippen LogP contribution in [0.15, 0.2) is 0 Å². The Morgan fingerprint density at radius 2 is 1.88 bits per heavy atom. The van der Waals surface area contributed by atoms with Crippen molar-refractivity contribution in [3.05, 3.63) is 0 Å². The number of carbonyl (C=O) groups excluding carboxylic acids is 1. The molecule has 1 saturated carbocycles. The molecule has 3 aliphatic rings. The van der Waals surface area contributed by atoms with Crippen molar-refractivity contribution in [2.75, 3.05) is 40.4 Å². The van der Waals surface area contributed by atoms with Crippen LogP contribution in [0.5, 0.6) is 0 Å². The molecule has 6 heteroatoms.